The predicted molar refractivity (Wildman–Crippen MR) is 156 cm³/mol. The summed E-state index contributed by atoms with van der Waals surface area (Å²) in [5.41, 5.74) is 0.00775. The van der Waals surface area contributed by atoms with Crippen molar-refractivity contribution in [1.82, 2.24) is 29.4 Å². The van der Waals surface area contributed by atoms with Crippen LogP contribution < -0.4 is 21.3 Å². The molecule has 0 spiro atoms. The largest absolute Gasteiger partial charge is 0.496 e. The fourth-order valence-corrected chi connectivity index (χ4v) is 5.79. The molecule has 1 fully saturated rings. The van der Waals surface area contributed by atoms with E-state index in [2.05, 4.69) is 15.5 Å². The first-order valence-electron chi connectivity index (χ1n) is 13.7. The van der Waals surface area contributed by atoms with Gasteiger partial charge in [-0.3, -0.25) is 18.7 Å². The summed E-state index contributed by atoms with van der Waals surface area (Å²) in [6.07, 6.45) is 5.58. The van der Waals surface area contributed by atoms with Crippen LogP contribution in [0, 0.1) is 12.7 Å². The number of aliphatic hydroxyl groups is 1. The second-order valence-electron chi connectivity index (χ2n) is 9.76. The molecule has 0 radical (unpaired) electrons. The number of rotatable bonds is 9. The molecule has 1 aliphatic rings. The Balaban J connectivity index is 0.000000507. The number of carbonyl (C=O) groups excluding carboxylic acids is 1. The first kappa shape index (κ1) is 31.1. The number of hydrogen-bond donors (Lipinski definition) is 2. The van der Waals surface area contributed by atoms with Gasteiger partial charge in [0.2, 0.25) is 5.91 Å². The minimum Gasteiger partial charge on any atom is -0.496 e. The second kappa shape index (κ2) is 14.3. The van der Waals surface area contributed by atoms with Crippen LogP contribution in [0.5, 0.6) is 5.75 Å². The lowest BCUT2D eigenvalue weighted by Gasteiger charge is -2.15. The van der Waals surface area contributed by atoms with Crippen LogP contribution in [-0.2, 0) is 29.0 Å². The van der Waals surface area contributed by atoms with Crippen molar-refractivity contribution in [3.8, 4) is 10.8 Å². The predicted octanol–water partition coefficient (Wildman–Crippen LogP) is 2.19. The smallest absolute Gasteiger partial charge is 0.332 e. The van der Waals surface area contributed by atoms with E-state index >= 15 is 0 Å². The van der Waals surface area contributed by atoms with E-state index < -0.39 is 29.5 Å². The molecule has 12 nitrogen and oxygen atoms in total. The van der Waals surface area contributed by atoms with Crippen LogP contribution >= 0.6 is 11.3 Å². The Bertz CT molecular complexity index is 1620. The summed E-state index contributed by atoms with van der Waals surface area (Å²) in [4.78, 5) is 41.1. The van der Waals surface area contributed by atoms with Gasteiger partial charge in [0, 0.05) is 31.9 Å². The van der Waals surface area contributed by atoms with Crippen molar-refractivity contribution in [2.24, 2.45) is 0 Å². The maximum atomic E-state index is 13.9. The lowest BCUT2D eigenvalue weighted by atomic mass is 10.1. The monoisotopic (exact) mass is 602 g/mol. The van der Waals surface area contributed by atoms with Crippen LogP contribution in [-0.4, -0.2) is 68.1 Å². The van der Waals surface area contributed by atoms with Crippen LogP contribution in [0.3, 0.4) is 0 Å². The highest BCUT2D eigenvalue weighted by Crippen LogP contribution is 2.30. The van der Waals surface area contributed by atoms with Crippen molar-refractivity contribution in [2.45, 2.75) is 58.7 Å². The van der Waals surface area contributed by atoms with Gasteiger partial charge in [0.05, 0.1) is 31.0 Å². The summed E-state index contributed by atoms with van der Waals surface area (Å²) in [6.45, 7) is 5.31. The Kier molecular flexibility index (Phi) is 10.6. The molecule has 226 valence electrons. The van der Waals surface area contributed by atoms with E-state index in [1.54, 1.807) is 6.92 Å². The van der Waals surface area contributed by atoms with Gasteiger partial charge in [-0.1, -0.05) is 18.3 Å². The van der Waals surface area contributed by atoms with Crippen LogP contribution in [0.25, 0.3) is 15.2 Å². The van der Waals surface area contributed by atoms with Gasteiger partial charge in [0.25, 0.3) is 5.56 Å². The van der Waals surface area contributed by atoms with Crippen LogP contribution in [0.1, 0.15) is 37.3 Å². The van der Waals surface area contributed by atoms with Crippen LogP contribution in [0.4, 0.5) is 4.39 Å². The molecule has 2 N–H and O–H groups in total. The second-order valence-corrected chi connectivity index (χ2v) is 10.7. The summed E-state index contributed by atoms with van der Waals surface area (Å²) >= 11 is 1.21. The van der Waals surface area contributed by atoms with Crippen molar-refractivity contribution in [1.29, 1.82) is 0 Å². The Morgan fingerprint density at radius 1 is 1.21 bits per heavy atom. The van der Waals surface area contributed by atoms with Crippen LogP contribution in [0.2, 0.25) is 0 Å². The normalized spacial score (nSPS) is 13.5. The number of fused-ring (bicyclic) bond motifs is 1. The number of nitrogens with one attached hydrogen (secondary N) is 1. The number of amides is 1. The van der Waals surface area contributed by atoms with Gasteiger partial charge < -0.3 is 19.9 Å². The molecular weight excluding hydrogens is 567 g/mol. The van der Waals surface area contributed by atoms with Crippen molar-refractivity contribution in [2.75, 3.05) is 26.9 Å². The molecule has 14 heteroatoms. The standard InChI is InChI=1S/C23H25FN6O4S.C5H10O2/c1-4-8-25-18(31)13-29-20(32)19-14(2)21(30-26-9-10-27-30)35-22(19)28(23(29)33)11-7-15-12-16(24)5-6-17(15)34-3;6-5-1-3-7-4-2-5/h5-6,9-10,12H,4,7-8,11,13H2,1-3H3,(H,25,31);5-6H,1-4H2. The Morgan fingerprint density at radius 2 is 1.93 bits per heavy atom. The SMILES string of the molecule is CCCNC(=O)Cn1c(=O)c2c(C)c(-n3nccn3)sc2n(CCc2cc(F)ccc2OC)c1=O.OC1CCOCC1. The quantitative estimate of drug-likeness (QED) is 0.297. The number of thiophene rings is 1. The summed E-state index contributed by atoms with van der Waals surface area (Å²) in [5, 5.41) is 20.7. The highest BCUT2D eigenvalue weighted by molar-refractivity contribution is 7.21. The Morgan fingerprint density at radius 3 is 2.55 bits per heavy atom. The Hall–Kier alpha value is -3.88. The zero-order valence-corrected chi connectivity index (χ0v) is 24.7. The molecule has 0 bridgehead atoms. The summed E-state index contributed by atoms with van der Waals surface area (Å²) in [6, 6.07) is 4.18. The van der Waals surface area contributed by atoms with Crippen molar-refractivity contribution < 1.29 is 23.8 Å². The highest BCUT2D eigenvalue weighted by Gasteiger charge is 2.23. The molecule has 0 aliphatic carbocycles. The third kappa shape index (κ3) is 7.12. The number of methoxy groups -OCH3 is 1. The minimum atomic E-state index is -0.620. The maximum Gasteiger partial charge on any atom is 0.332 e. The molecule has 4 aromatic rings. The maximum absolute atomic E-state index is 13.9. The van der Waals surface area contributed by atoms with Gasteiger partial charge >= 0.3 is 5.69 Å². The first-order chi connectivity index (χ1) is 20.2. The van der Waals surface area contributed by atoms with E-state index in [-0.39, 0.29) is 19.1 Å². The first-order valence-corrected chi connectivity index (χ1v) is 14.5. The van der Waals surface area contributed by atoms with Crippen molar-refractivity contribution >= 4 is 27.5 Å². The molecule has 5 rings (SSSR count). The van der Waals surface area contributed by atoms with Gasteiger partial charge in [-0.15, -0.1) is 4.80 Å². The van der Waals surface area contributed by atoms with Crippen molar-refractivity contribution in [3.63, 3.8) is 0 Å². The average molecular weight is 603 g/mol. The van der Waals surface area contributed by atoms with E-state index in [0.717, 1.165) is 37.0 Å². The van der Waals surface area contributed by atoms with E-state index in [4.69, 9.17) is 14.6 Å². The van der Waals surface area contributed by atoms with Gasteiger partial charge in [-0.05, 0) is 56.4 Å². The number of ether oxygens (including phenoxy) is 2. The number of hydrogen-bond acceptors (Lipinski definition) is 9. The molecule has 0 atom stereocenters. The van der Waals surface area contributed by atoms with E-state index in [0.29, 0.717) is 38.6 Å². The molecule has 1 aromatic carbocycles. The lowest BCUT2D eigenvalue weighted by Crippen LogP contribution is -2.44. The third-order valence-electron chi connectivity index (χ3n) is 6.78. The molecule has 0 saturated carbocycles. The number of aryl methyl sites for hydroxylation is 3. The van der Waals surface area contributed by atoms with Crippen LogP contribution in [0.15, 0.2) is 40.2 Å². The summed E-state index contributed by atoms with van der Waals surface area (Å²) in [7, 11) is 1.49. The molecular formula is C28H35FN6O6S. The van der Waals surface area contributed by atoms with Gasteiger partial charge in [0.1, 0.15) is 27.9 Å². The molecule has 4 heterocycles. The van der Waals surface area contributed by atoms with E-state index in [9.17, 15) is 18.8 Å². The number of halogens is 1. The summed E-state index contributed by atoms with van der Waals surface area (Å²) in [5.74, 6) is -0.354. The van der Waals surface area contributed by atoms with Gasteiger partial charge in [0.15, 0.2) is 0 Å². The zero-order chi connectivity index (χ0) is 30.2. The molecule has 1 amide bonds. The number of aromatic nitrogens is 5. The number of aliphatic hydroxyl groups excluding tert-OH is 1. The number of benzene rings is 1. The summed E-state index contributed by atoms with van der Waals surface area (Å²) < 4.78 is 26.6. The van der Waals surface area contributed by atoms with Gasteiger partial charge in [-0.2, -0.15) is 10.2 Å². The Labute approximate surface area is 245 Å². The zero-order valence-electron chi connectivity index (χ0n) is 23.8. The van der Waals surface area contributed by atoms with E-state index in [1.807, 2.05) is 6.92 Å². The van der Waals surface area contributed by atoms with E-state index in [1.165, 1.54) is 58.4 Å². The topological polar surface area (TPSA) is 142 Å². The molecule has 1 saturated heterocycles. The highest BCUT2D eigenvalue weighted by atomic mass is 32.1. The molecule has 3 aromatic heterocycles. The average Bonchev–Trinajstić information content (AvgIpc) is 3.63. The fraction of sp³-hybridized carbons (Fsp3) is 0.464. The third-order valence-corrected chi connectivity index (χ3v) is 8.06. The minimum absolute atomic E-state index is 0.0891. The molecule has 1 aliphatic heterocycles. The lowest BCUT2D eigenvalue weighted by molar-refractivity contribution is -0.121. The number of nitrogens with zero attached hydrogens (tertiary/aromatic N) is 5. The van der Waals surface area contributed by atoms with Gasteiger partial charge in [-0.25, -0.2) is 9.18 Å². The number of carbonyl (C=O) groups is 1. The van der Waals surface area contributed by atoms with Crippen molar-refractivity contribution in [3.05, 3.63) is 68.4 Å². The molecule has 0 unspecified atom stereocenters. The fourth-order valence-electron chi connectivity index (χ4n) is 4.55. The molecule has 42 heavy (non-hydrogen) atoms.